The molecule has 0 spiro atoms. The van der Waals surface area contributed by atoms with Crippen LogP contribution >= 0.6 is 0 Å². The summed E-state index contributed by atoms with van der Waals surface area (Å²) in [6.45, 7) is 3.96. The van der Waals surface area contributed by atoms with Crippen molar-refractivity contribution in [3.8, 4) is 0 Å². The summed E-state index contributed by atoms with van der Waals surface area (Å²) in [7, 11) is 0. The van der Waals surface area contributed by atoms with Crippen LogP contribution in [0.1, 0.15) is 51.9 Å². The van der Waals surface area contributed by atoms with E-state index in [2.05, 4.69) is 17.2 Å². The number of nitrogens with two attached hydrogens (primary N) is 1. The Kier molecular flexibility index (Phi) is 9.36. The number of hydrogen-bond donors (Lipinski definition) is 2. The van der Waals surface area contributed by atoms with E-state index < -0.39 is 12.7 Å². The highest BCUT2D eigenvalue weighted by Gasteiger charge is 2.32. The third-order valence-corrected chi connectivity index (χ3v) is 4.26. The fourth-order valence-electron chi connectivity index (χ4n) is 2.89. The maximum Gasteiger partial charge on any atom is 0.401 e. The lowest BCUT2D eigenvalue weighted by molar-refractivity contribution is -0.148. The Hall–Kier alpha value is -0.980. The van der Waals surface area contributed by atoms with Gasteiger partial charge in [-0.2, -0.15) is 13.2 Å². The minimum Gasteiger partial charge on any atom is -0.370 e. The molecule has 7 heteroatoms. The molecule has 0 saturated carbocycles. The molecule has 1 fully saturated rings. The number of hydrogen-bond acceptors (Lipinski definition) is 2. The zero-order valence-electron chi connectivity index (χ0n) is 14.2. The Labute approximate surface area is 137 Å². The minimum absolute atomic E-state index is 0.476. The summed E-state index contributed by atoms with van der Waals surface area (Å²) in [5.41, 5.74) is 5.80. The lowest BCUT2D eigenvalue weighted by Gasteiger charge is -2.32. The molecule has 1 aliphatic rings. The molecule has 0 radical (unpaired) electrons. The van der Waals surface area contributed by atoms with Crippen molar-refractivity contribution in [1.82, 2.24) is 10.2 Å². The summed E-state index contributed by atoms with van der Waals surface area (Å²) in [6, 6.07) is 0. The van der Waals surface area contributed by atoms with Gasteiger partial charge in [0.1, 0.15) is 0 Å². The van der Waals surface area contributed by atoms with Crippen LogP contribution in [-0.4, -0.2) is 49.8 Å². The van der Waals surface area contributed by atoms with Crippen molar-refractivity contribution in [2.24, 2.45) is 16.6 Å². The molecule has 0 unspecified atom stereocenters. The number of guanidine groups is 1. The van der Waals surface area contributed by atoms with Crippen molar-refractivity contribution in [3.63, 3.8) is 0 Å². The first-order chi connectivity index (χ1) is 10.9. The Bertz CT molecular complexity index is 337. The third-order valence-electron chi connectivity index (χ3n) is 4.26. The number of nitrogens with zero attached hydrogens (tertiary/aromatic N) is 2. The van der Waals surface area contributed by atoms with E-state index in [-0.39, 0.29) is 0 Å². The Morgan fingerprint density at radius 1 is 1.22 bits per heavy atom. The van der Waals surface area contributed by atoms with Crippen LogP contribution in [0.5, 0.6) is 0 Å². The minimum atomic E-state index is -4.09. The number of piperidine rings is 1. The van der Waals surface area contributed by atoms with E-state index >= 15 is 0 Å². The molecule has 136 valence electrons. The highest BCUT2D eigenvalue weighted by Crippen LogP contribution is 2.23. The first kappa shape index (κ1) is 20.1. The smallest absolute Gasteiger partial charge is 0.370 e. The monoisotopic (exact) mass is 336 g/mol. The maximum absolute atomic E-state index is 12.3. The number of unbranched alkanes of at least 4 members (excludes halogenated alkanes) is 3. The lowest BCUT2D eigenvalue weighted by atomic mass is 9.93. The van der Waals surface area contributed by atoms with Crippen LogP contribution in [0, 0.1) is 5.92 Å². The molecule has 3 N–H and O–H groups in total. The summed E-state index contributed by atoms with van der Waals surface area (Å²) >= 11 is 0. The van der Waals surface area contributed by atoms with Crippen molar-refractivity contribution >= 4 is 5.96 Å². The molecule has 0 amide bonds. The van der Waals surface area contributed by atoms with Crippen LogP contribution in [0.4, 0.5) is 13.2 Å². The van der Waals surface area contributed by atoms with Gasteiger partial charge in [0.2, 0.25) is 0 Å². The molecule has 0 bridgehead atoms. The van der Waals surface area contributed by atoms with Gasteiger partial charge in [0.05, 0.1) is 6.54 Å². The second-order valence-corrected chi connectivity index (χ2v) is 6.38. The normalized spacial score (nSPS) is 18.3. The van der Waals surface area contributed by atoms with Crippen LogP contribution < -0.4 is 11.1 Å². The van der Waals surface area contributed by atoms with E-state index in [4.69, 9.17) is 5.73 Å². The van der Waals surface area contributed by atoms with Crippen molar-refractivity contribution in [2.75, 3.05) is 32.7 Å². The Morgan fingerprint density at radius 3 is 2.52 bits per heavy atom. The van der Waals surface area contributed by atoms with Gasteiger partial charge in [0.25, 0.3) is 0 Å². The second kappa shape index (κ2) is 10.7. The van der Waals surface area contributed by atoms with Crippen molar-refractivity contribution in [3.05, 3.63) is 0 Å². The molecule has 1 heterocycles. The number of rotatable bonds is 9. The molecule has 0 aromatic rings. The van der Waals surface area contributed by atoms with Gasteiger partial charge in [0, 0.05) is 13.1 Å². The first-order valence-corrected chi connectivity index (χ1v) is 8.73. The summed E-state index contributed by atoms with van der Waals surface area (Å²) in [5.74, 6) is 0.959. The van der Waals surface area contributed by atoms with Crippen molar-refractivity contribution in [1.29, 1.82) is 0 Å². The van der Waals surface area contributed by atoms with Gasteiger partial charge in [-0.3, -0.25) is 9.89 Å². The van der Waals surface area contributed by atoms with E-state index in [1.54, 1.807) is 0 Å². The highest BCUT2D eigenvalue weighted by atomic mass is 19.4. The lowest BCUT2D eigenvalue weighted by Crippen LogP contribution is -2.41. The average Bonchev–Trinajstić information content (AvgIpc) is 2.47. The molecule has 0 aliphatic carbocycles. The number of alkyl halides is 3. The largest absolute Gasteiger partial charge is 0.401 e. The van der Waals surface area contributed by atoms with Gasteiger partial charge >= 0.3 is 6.18 Å². The van der Waals surface area contributed by atoms with E-state index in [0.717, 1.165) is 38.8 Å². The summed E-state index contributed by atoms with van der Waals surface area (Å²) in [4.78, 5) is 5.78. The van der Waals surface area contributed by atoms with E-state index in [9.17, 15) is 13.2 Å². The molecule has 0 aromatic heterocycles. The van der Waals surface area contributed by atoms with Crippen LogP contribution in [0.2, 0.25) is 0 Å². The highest BCUT2D eigenvalue weighted by molar-refractivity contribution is 5.77. The molecule has 1 saturated heterocycles. The Balaban J connectivity index is 2.07. The van der Waals surface area contributed by atoms with Gasteiger partial charge in [0.15, 0.2) is 5.96 Å². The number of halogens is 3. The molecule has 0 atom stereocenters. The molecule has 23 heavy (non-hydrogen) atoms. The van der Waals surface area contributed by atoms with Gasteiger partial charge in [-0.05, 0) is 44.7 Å². The molecular formula is C16H31F3N4. The zero-order chi connectivity index (χ0) is 17.1. The summed E-state index contributed by atoms with van der Waals surface area (Å²) in [6.07, 6.45) is 3.19. The predicted molar refractivity (Wildman–Crippen MR) is 88.5 cm³/mol. The Morgan fingerprint density at radius 2 is 1.91 bits per heavy atom. The summed E-state index contributed by atoms with van der Waals surface area (Å²) in [5, 5.41) is 3.10. The predicted octanol–water partition coefficient (Wildman–Crippen LogP) is 3.14. The topological polar surface area (TPSA) is 53.6 Å². The van der Waals surface area contributed by atoms with E-state index in [1.807, 2.05) is 0 Å². The molecule has 1 rings (SSSR count). The summed E-state index contributed by atoms with van der Waals surface area (Å²) < 4.78 is 37.0. The first-order valence-electron chi connectivity index (χ1n) is 8.73. The van der Waals surface area contributed by atoms with Crippen LogP contribution in [0.25, 0.3) is 0 Å². The number of likely N-dealkylation sites (tertiary alicyclic amines) is 1. The third kappa shape index (κ3) is 10.4. The second-order valence-electron chi connectivity index (χ2n) is 6.38. The average molecular weight is 336 g/mol. The molecule has 0 aromatic carbocycles. The quantitative estimate of drug-likeness (QED) is 0.386. The number of aliphatic imine (C=N–C) groups is 1. The van der Waals surface area contributed by atoms with Crippen LogP contribution in [0.15, 0.2) is 4.99 Å². The fourth-order valence-corrected chi connectivity index (χ4v) is 2.89. The van der Waals surface area contributed by atoms with Gasteiger partial charge in [-0.25, -0.2) is 0 Å². The van der Waals surface area contributed by atoms with Crippen molar-refractivity contribution < 1.29 is 13.2 Å². The molecular weight excluding hydrogens is 305 g/mol. The molecule has 4 nitrogen and oxygen atoms in total. The zero-order valence-corrected chi connectivity index (χ0v) is 14.2. The van der Waals surface area contributed by atoms with Gasteiger partial charge in [-0.15, -0.1) is 0 Å². The fraction of sp³-hybridized carbons (Fsp3) is 0.938. The van der Waals surface area contributed by atoms with Crippen molar-refractivity contribution in [2.45, 2.75) is 58.0 Å². The SMILES string of the molecule is CCCCCCN=C(N)NCCC1CCN(CC(F)(F)F)CC1. The molecule has 1 aliphatic heterocycles. The number of nitrogens with one attached hydrogen (secondary N) is 1. The maximum atomic E-state index is 12.3. The van der Waals surface area contributed by atoms with E-state index in [1.165, 1.54) is 24.2 Å². The van der Waals surface area contributed by atoms with Gasteiger partial charge in [-0.1, -0.05) is 26.2 Å². The van der Waals surface area contributed by atoms with Gasteiger partial charge < -0.3 is 11.1 Å². The van der Waals surface area contributed by atoms with Crippen LogP contribution in [-0.2, 0) is 0 Å². The van der Waals surface area contributed by atoms with E-state index in [0.29, 0.717) is 25.0 Å². The van der Waals surface area contributed by atoms with Crippen LogP contribution in [0.3, 0.4) is 0 Å². The standard InChI is InChI=1S/C16H31F3N4/c1-2-3-4-5-9-21-15(20)22-10-6-14-7-11-23(12-8-14)13-16(17,18)19/h14H,2-13H2,1H3,(H3,20,21,22).